The van der Waals surface area contributed by atoms with Crippen molar-refractivity contribution >= 4 is 58.4 Å². The molecule has 2 atom stereocenters. The van der Waals surface area contributed by atoms with Crippen LogP contribution in [0.2, 0.25) is 0 Å². The minimum absolute atomic E-state index is 0.0321. The molecule has 18 nitrogen and oxygen atoms in total. The van der Waals surface area contributed by atoms with Gasteiger partial charge in [-0.2, -0.15) is 30.4 Å². The molecule has 0 spiro atoms. The van der Waals surface area contributed by atoms with E-state index in [1.54, 1.807) is 42.5 Å². The van der Waals surface area contributed by atoms with Crippen LogP contribution in [0.4, 0.5) is 40.6 Å². The van der Waals surface area contributed by atoms with E-state index >= 15 is 0 Å². The summed E-state index contributed by atoms with van der Waals surface area (Å²) in [4.78, 5) is 31.2. The third kappa shape index (κ3) is 7.34. The number of carbonyl (C=O) groups excluding carboxylic acids is 1. The summed E-state index contributed by atoms with van der Waals surface area (Å²) >= 11 is 0. The molecule has 49 heavy (non-hydrogen) atoms. The smallest absolute Gasteiger partial charge is 0.297 e. The Morgan fingerprint density at radius 2 is 1.22 bits per heavy atom. The van der Waals surface area contributed by atoms with Gasteiger partial charge in [0.15, 0.2) is 17.2 Å². The molecule has 18 heteroatoms. The van der Waals surface area contributed by atoms with Crippen LogP contribution in [0.25, 0.3) is 6.08 Å². The van der Waals surface area contributed by atoms with Crippen LogP contribution in [0.15, 0.2) is 102 Å². The third-order valence-corrected chi connectivity index (χ3v) is 6.92. The maximum atomic E-state index is 13.7. The van der Waals surface area contributed by atoms with Crippen molar-refractivity contribution in [3.63, 3.8) is 0 Å². The van der Waals surface area contributed by atoms with Gasteiger partial charge in [0, 0.05) is 29.8 Å². The number of benzene rings is 4. The van der Waals surface area contributed by atoms with Crippen LogP contribution >= 0.6 is 0 Å². The number of anilines is 5. The van der Waals surface area contributed by atoms with Crippen molar-refractivity contribution in [3.8, 4) is 17.2 Å². The van der Waals surface area contributed by atoms with Gasteiger partial charge in [0.05, 0.1) is 11.4 Å². The van der Waals surface area contributed by atoms with Crippen molar-refractivity contribution in [1.29, 1.82) is 0 Å². The monoisotopic (exact) mass is 666 g/mol. The highest BCUT2D eigenvalue weighted by Gasteiger charge is 2.32. The van der Waals surface area contributed by atoms with Crippen molar-refractivity contribution in [2.24, 2.45) is 4.99 Å². The van der Waals surface area contributed by atoms with E-state index in [0.29, 0.717) is 11.1 Å². The average molecular weight is 667 g/mol. The van der Waals surface area contributed by atoms with E-state index in [1.807, 2.05) is 0 Å². The van der Waals surface area contributed by atoms with Gasteiger partial charge in [0.2, 0.25) is 17.8 Å². The second-order valence-electron chi connectivity index (χ2n) is 10.3. The first kappa shape index (κ1) is 32.3. The number of rotatable bonds is 10. The summed E-state index contributed by atoms with van der Waals surface area (Å²) in [6.07, 6.45) is 1.53. The predicted octanol–water partition coefficient (Wildman–Crippen LogP) is 1.94. The van der Waals surface area contributed by atoms with Crippen molar-refractivity contribution < 1.29 is 41.0 Å². The lowest BCUT2D eigenvalue weighted by molar-refractivity contribution is -0.991. The van der Waals surface area contributed by atoms with E-state index < -0.39 is 27.9 Å². The normalized spacial score (nSPS) is 14.8. The summed E-state index contributed by atoms with van der Waals surface area (Å²) in [5, 5.41) is 76.0. The third-order valence-electron chi connectivity index (χ3n) is 6.92. The van der Waals surface area contributed by atoms with E-state index in [4.69, 9.17) is 0 Å². The lowest BCUT2D eigenvalue weighted by Gasteiger charge is -2.20. The fourth-order valence-corrected chi connectivity index (χ4v) is 4.55. The van der Waals surface area contributed by atoms with E-state index in [2.05, 4.69) is 36.0 Å². The van der Waals surface area contributed by atoms with Crippen molar-refractivity contribution in [2.75, 3.05) is 16.1 Å². The summed E-state index contributed by atoms with van der Waals surface area (Å²) in [7, 11) is 0. The summed E-state index contributed by atoms with van der Waals surface area (Å²) in [6.45, 7) is 0. The molecular formula is C31H26N10O8. The number of nitrogens with zero attached hydrogens (tertiary/aromatic N) is 5. The molecule has 248 valence electrons. The second kappa shape index (κ2) is 13.6. The molecule has 0 saturated heterocycles. The number of carbonyl (C=O) groups is 1. The zero-order chi connectivity index (χ0) is 34.7. The van der Waals surface area contributed by atoms with Crippen molar-refractivity contribution in [3.05, 3.63) is 118 Å². The molecule has 0 radical (unpaired) electrons. The Morgan fingerprint density at radius 1 is 0.694 bits per heavy atom. The lowest BCUT2D eigenvalue weighted by Crippen LogP contribution is -2.99. The van der Waals surface area contributed by atoms with Crippen LogP contribution < -0.4 is 26.5 Å². The van der Waals surface area contributed by atoms with Gasteiger partial charge >= 0.3 is 0 Å². The molecule has 10 N–H and O–H groups in total. The quantitative estimate of drug-likeness (QED) is 0.0580. The Hall–Kier alpha value is -6.67. The molecular weight excluding hydrogens is 640 g/mol. The number of hydrogen-bond donors (Lipinski definition) is 10. The molecule has 6 rings (SSSR count). The van der Waals surface area contributed by atoms with Gasteiger partial charge in [-0.25, -0.2) is 15.4 Å². The second-order valence-corrected chi connectivity index (χ2v) is 10.3. The molecule has 0 fully saturated rings. The molecule has 2 unspecified atom stereocenters. The van der Waals surface area contributed by atoms with E-state index in [0.717, 1.165) is 17.1 Å². The predicted molar refractivity (Wildman–Crippen MR) is 174 cm³/mol. The standard InChI is InChI=1S/C31H26N10O8/c42-21-10-6-17(7-11-21)14-24-28(45)39(27(32-24)18-4-2-1-3-5-18)38-31-36-29(33-22-12-8-19(40(46)47)15-25(22)43)35-30(37-31)34-23-13-9-20(41(48)49)16-26(23)44/h1-16,40-44,46,48H,(H3,33,34,35,36,37,38). The maximum Gasteiger partial charge on any atom is 0.297 e. The Bertz CT molecular complexity index is 2000. The topological polar surface area (TPSA) is 264 Å². The SMILES string of the molecule is O=C1C(=Cc2ccc(O)cc2)N=C(c2ccccc2)N1Nc1nc(Nc2ccc([NH+]([O-])O)cc2O)nc(Nc2ccc([NH+]([O-])O)cc2O)n1. The van der Waals surface area contributed by atoms with Crippen LogP contribution in [-0.4, -0.2) is 57.4 Å². The molecule has 4 aromatic carbocycles. The number of amidine groups is 1. The van der Waals surface area contributed by atoms with Crippen LogP contribution in [0, 0.1) is 10.4 Å². The minimum Gasteiger partial charge on any atom is -0.595 e. The number of aromatic nitrogens is 3. The average Bonchev–Trinajstić information content (AvgIpc) is 3.38. The van der Waals surface area contributed by atoms with Crippen molar-refractivity contribution in [1.82, 2.24) is 20.0 Å². The first-order valence-electron chi connectivity index (χ1n) is 14.2. The zero-order valence-corrected chi connectivity index (χ0v) is 24.9. The molecule has 0 saturated carbocycles. The summed E-state index contributed by atoms with van der Waals surface area (Å²) in [6, 6.07) is 22.1. The molecule has 0 aliphatic carbocycles. The van der Waals surface area contributed by atoms with Crippen LogP contribution in [0.3, 0.4) is 0 Å². The number of aliphatic imine (C=N–C) groups is 1. The van der Waals surface area contributed by atoms with E-state index in [1.165, 1.54) is 42.5 Å². The molecule has 0 bridgehead atoms. The number of phenolic OH excluding ortho intramolecular Hbond substituents is 3. The zero-order valence-electron chi connectivity index (χ0n) is 24.9. The summed E-state index contributed by atoms with van der Waals surface area (Å²) < 4.78 is 0. The van der Waals surface area contributed by atoms with Gasteiger partial charge in [-0.3, -0.25) is 10.2 Å². The maximum absolute atomic E-state index is 13.7. The Kier molecular flexibility index (Phi) is 8.95. The Balaban J connectivity index is 1.38. The summed E-state index contributed by atoms with van der Waals surface area (Å²) in [5.41, 5.74) is 3.79. The number of hydrogen-bond acceptors (Lipinski definition) is 15. The highest BCUT2D eigenvalue weighted by molar-refractivity contribution is 6.20. The van der Waals surface area contributed by atoms with Crippen LogP contribution in [0.5, 0.6) is 17.2 Å². The molecule has 5 aromatic rings. The molecule has 1 aliphatic rings. The summed E-state index contributed by atoms with van der Waals surface area (Å²) in [5.74, 6) is -1.78. The highest BCUT2D eigenvalue weighted by atomic mass is 16.8. The van der Waals surface area contributed by atoms with Crippen molar-refractivity contribution in [2.45, 2.75) is 0 Å². The first-order chi connectivity index (χ1) is 23.5. The Morgan fingerprint density at radius 3 is 1.73 bits per heavy atom. The van der Waals surface area contributed by atoms with Gasteiger partial charge < -0.3 is 36.4 Å². The van der Waals surface area contributed by atoms with Gasteiger partial charge in [0.1, 0.15) is 22.9 Å². The fraction of sp³-hybridized carbons (Fsp3) is 0. The van der Waals surface area contributed by atoms with E-state index in [9.17, 15) is 40.9 Å². The van der Waals surface area contributed by atoms with Gasteiger partial charge in [-0.05, 0) is 35.9 Å². The number of aromatic hydroxyl groups is 3. The molecule has 1 amide bonds. The molecule has 1 aromatic heterocycles. The number of nitrogens with one attached hydrogen (secondary N) is 5. The van der Waals surface area contributed by atoms with Gasteiger partial charge in [-0.1, -0.05) is 42.5 Å². The highest BCUT2D eigenvalue weighted by Crippen LogP contribution is 2.31. The van der Waals surface area contributed by atoms with Gasteiger partial charge in [-0.15, -0.1) is 0 Å². The Labute approximate surface area is 275 Å². The molecule has 2 heterocycles. The fourth-order valence-electron chi connectivity index (χ4n) is 4.55. The lowest BCUT2D eigenvalue weighted by atomic mass is 10.2. The van der Waals surface area contributed by atoms with Crippen LogP contribution in [0.1, 0.15) is 11.1 Å². The number of hydrazine groups is 1. The first-order valence-corrected chi connectivity index (χ1v) is 14.2. The van der Waals surface area contributed by atoms with Gasteiger partial charge in [0.25, 0.3) is 5.91 Å². The van der Waals surface area contributed by atoms with Crippen LogP contribution in [-0.2, 0) is 4.79 Å². The van der Waals surface area contributed by atoms with E-state index in [-0.39, 0.29) is 57.9 Å². The largest absolute Gasteiger partial charge is 0.595 e. The number of quaternary nitrogens is 2. The number of amides is 1. The number of phenols is 3. The minimum atomic E-state index is -1.25. The molecule has 1 aliphatic heterocycles.